The summed E-state index contributed by atoms with van der Waals surface area (Å²) >= 11 is 1.40. The monoisotopic (exact) mass is 640 g/mol. The number of allylic oxidation sites excluding steroid dienone is 1. The molecule has 14 heteroatoms. The number of aromatic amines is 1. The predicted octanol–water partition coefficient (Wildman–Crippen LogP) is 3.16. The molecule has 2 fully saturated rings. The number of nitrogens with one attached hydrogen (secondary N) is 1. The Morgan fingerprint density at radius 2 is 2.04 bits per heavy atom. The van der Waals surface area contributed by atoms with Gasteiger partial charge in [-0.15, -0.1) is 16.8 Å². The van der Waals surface area contributed by atoms with Crippen molar-refractivity contribution in [3.05, 3.63) is 78.4 Å². The summed E-state index contributed by atoms with van der Waals surface area (Å²) in [6.45, 7) is 6.65. The average Bonchev–Trinajstić information content (AvgIpc) is 3.80. The third-order valence-electron chi connectivity index (χ3n) is 8.28. The quantitative estimate of drug-likeness (QED) is 0.135. The molecule has 2 aromatic carbocycles. The fraction of sp³-hybridized carbons (Fsp3) is 0.344. The van der Waals surface area contributed by atoms with Crippen LogP contribution in [0.25, 0.3) is 21.6 Å². The van der Waals surface area contributed by atoms with Gasteiger partial charge in [-0.05, 0) is 28.8 Å². The van der Waals surface area contributed by atoms with Gasteiger partial charge in [0.15, 0.2) is 5.13 Å². The molecule has 3 N–H and O–H groups in total. The van der Waals surface area contributed by atoms with Crippen molar-refractivity contribution >= 4 is 44.4 Å². The molecular weight excluding hydrogens is 604 g/mol. The van der Waals surface area contributed by atoms with Gasteiger partial charge in [-0.25, -0.2) is 4.98 Å². The number of anilines is 1. The minimum atomic E-state index is -0.784. The number of hydrogen-bond donors (Lipinski definition) is 2. The fourth-order valence-electron chi connectivity index (χ4n) is 6.08. The van der Waals surface area contributed by atoms with Crippen molar-refractivity contribution in [3.8, 4) is 11.4 Å². The first-order valence-corrected chi connectivity index (χ1v) is 16.1. The first kappa shape index (κ1) is 31.0. The lowest BCUT2D eigenvalue weighted by Gasteiger charge is -2.46. The highest BCUT2D eigenvalue weighted by atomic mass is 32.1. The van der Waals surface area contributed by atoms with Crippen molar-refractivity contribution < 1.29 is 14.4 Å². The van der Waals surface area contributed by atoms with E-state index in [9.17, 15) is 14.4 Å². The third-order valence-corrected chi connectivity index (χ3v) is 9.13. The molecule has 238 valence electrons. The van der Waals surface area contributed by atoms with Crippen LogP contribution in [0.4, 0.5) is 5.13 Å². The summed E-state index contributed by atoms with van der Waals surface area (Å²) < 4.78 is 0.939. The maximum Gasteiger partial charge on any atom is 0.260 e. The number of thiazole rings is 1. The number of carbonyl (C=O) groups is 3. The van der Waals surface area contributed by atoms with Crippen LogP contribution >= 0.6 is 11.3 Å². The number of fused-ring (bicyclic) bond motifs is 2. The lowest BCUT2D eigenvalue weighted by Crippen LogP contribution is -2.65. The summed E-state index contributed by atoms with van der Waals surface area (Å²) in [6, 6.07) is 12.6. The van der Waals surface area contributed by atoms with Gasteiger partial charge in [0.2, 0.25) is 17.6 Å². The van der Waals surface area contributed by atoms with E-state index < -0.39 is 12.2 Å². The van der Waals surface area contributed by atoms with E-state index in [-0.39, 0.29) is 50.3 Å². The second kappa shape index (κ2) is 13.6. The van der Waals surface area contributed by atoms with E-state index in [0.29, 0.717) is 11.0 Å². The Kier molecular flexibility index (Phi) is 9.17. The first-order valence-electron chi connectivity index (χ1n) is 15.3. The molecular formula is C32H36N10O3S. The van der Waals surface area contributed by atoms with Crippen molar-refractivity contribution in [3.63, 3.8) is 0 Å². The molecule has 0 saturated carbocycles. The van der Waals surface area contributed by atoms with E-state index in [0.717, 1.165) is 46.2 Å². The summed E-state index contributed by atoms with van der Waals surface area (Å²) in [6.07, 6.45) is 7.62. The molecule has 2 aliphatic heterocycles. The number of nitrogen functional groups attached to an aromatic ring is 1. The lowest BCUT2D eigenvalue weighted by atomic mass is 9.99. The topological polar surface area (TPSA) is 158 Å². The number of amides is 3. The number of H-pyrrole nitrogens is 1. The largest absolute Gasteiger partial charge is 0.375 e. The number of unbranched alkanes of at least 4 members (excludes halogenated alkanes) is 2. The summed E-state index contributed by atoms with van der Waals surface area (Å²) in [5, 5.41) is 17.9. The van der Waals surface area contributed by atoms with E-state index in [2.05, 4.69) is 39.1 Å². The molecule has 4 heterocycles. The number of piperazine rings is 1. The van der Waals surface area contributed by atoms with Gasteiger partial charge in [0.25, 0.3) is 5.91 Å². The van der Waals surface area contributed by atoms with E-state index in [1.54, 1.807) is 32.0 Å². The van der Waals surface area contributed by atoms with Crippen LogP contribution in [0.15, 0.2) is 67.3 Å². The normalized spacial score (nSPS) is 18.5. The molecule has 2 aliphatic rings. The maximum atomic E-state index is 14.3. The Bertz CT molecular complexity index is 1750. The highest BCUT2D eigenvalue weighted by Crippen LogP contribution is 2.32. The van der Waals surface area contributed by atoms with Crippen LogP contribution in [-0.4, -0.2) is 95.0 Å². The smallest absolute Gasteiger partial charge is 0.260 e. The molecule has 3 amide bonds. The fourth-order valence-corrected chi connectivity index (χ4v) is 6.86. The van der Waals surface area contributed by atoms with Crippen LogP contribution in [0.3, 0.4) is 0 Å². The number of aromatic nitrogens is 5. The van der Waals surface area contributed by atoms with Gasteiger partial charge in [-0.1, -0.05) is 79.7 Å². The molecule has 0 spiro atoms. The molecule has 2 atom stereocenters. The summed E-state index contributed by atoms with van der Waals surface area (Å²) in [7, 11) is 0. The Morgan fingerprint density at radius 3 is 2.78 bits per heavy atom. The molecule has 2 aromatic heterocycles. The minimum absolute atomic E-state index is 0.0281. The maximum absolute atomic E-state index is 14.3. The Labute approximate surface area is 270 Å². The van der Waals surface area contributed by atoms with Gasteiger partial charge >= 0.3 is 0 Å². The molecule has 2 saturated heterocycles. The number of para-hydroxylation sites is 1. The van der Waals surface area contributed by atoms with E-state index in [4.69, 9.17) is 5.73 Å². The Morgan fingerprint density at radius 1 is 1.22 bits per heavy atom. The van der Waals surface area contributed by atoms with E-state index in [1.807, 2.05) is 48.5 Å². The number of nitrogens with zero attached hydrogens (tertiary/aromatic N) is 8. The number of nitrogens with two attached hydrogens (primary N) is 1. The van der Waals surface area contributed by atoms with E-state index in [1.165, 1.54) is 11.3 Å². The van der Waals surface area contributed by atoms with Crippen molar-refractivity contribution in [2.24, 2.45) is 0 Å². The molecule has 0 unspecified atom stereocenters. The zero-order valence-corrected chi connectivity index (χ0v) is 26.4. The number of rotatable bonds is 12. The highest BCUT2D eigenvalue weighted by Gasteiger charge is 2.52. The molecule has 0 radical (unpaired) electrons. The molecule has 13 nitrogen and oxygen atoms in total. The molecule has 0 aliphatic carbocycles. The van der Waals surface area contributed by atoms with Crippen molar-refractivity contribution in [2.45, 2.75) is 51.4 Å². The minimum Gasteiger partial charge on any atom is -0.375 e. The molecule has 46 heavy (non-hydrogen) atoms. The van der Waals surface area contributed by atoms with E-state index >= 15 is 0 Å². The van der Waals surface area contributed by atoms with Crippen LogP contribution in [-0.2, 0) is 27.3 Å². The SMILES string of the molecule is C=CCN(C(=O)/C=C/CCCC)N1CC(=O)N2[C@@H](Cc3ccc(-c4nn[nH]n4)cc3)C(=O)N(Cc3cccc4sc(N)nc34)C[C@@H]21. The first-order chi connectivity index (χ1) is 22.4. The highest BCUT2D eigenvalue weighted by molar-refractivity contribution is 7.22. The van der Waals surface area contributed by atoms with Gasteiger partial charge < -0.3 is 15.5 Å². The Balaban J connectivity index is 1.33. The average molecular weight is 641 g/mol. The number of carbonyl (C=O) groups excluding carboxylic acids is 3. The summed E-state index contributed by atoms with van der Waals surface area (Å²) in [5.41, 5.74) is 9.29. The number of hydrogen-bond acceptors (Lipinski definition) is 10. The van der Waals surface area contributed by atoms with Gasteiger partial charge in [-0.3, -0.25) is 19.4 Å². The van der Waals surface area contributed by atoms with Crippen molar-refractivity contribution in [1.82, 2.24) is 45.4 Å². The Hall–Kier alpha value is -4.95. The van der Waals surface area contributed by atoms with Crippen molar-refractivity contribution in [1.29, 1.82) is 0 Å². The van der Waals surface area contributed by atoms with Crippen molar-refractivity contribution in [2.75, 3.05) is 25.4 Å². The number of benzene rings is 2. The number of tetrazole rings is 1. The van der Waals surface area contributed by atoms with Gasteiger partial charge in [0.1, 0.15) is 12.2 Å². The second-order valence-electron chi connectivity index (χ2n) is 11.3. The summed E-state index contributed by atoms with van der Waals surface area (Å²) in [4.78, 5) is 49.4. The van der Waals surface area contributed by atoms with Crippen LogP contribution < -0.4 is 5.73 Å². The third kappa shape index (κ3) is 6.26. The molecule has 4 aromatic rings. The van der Waals surface area contributed by atoms with Gasteiger partial charge in [0, 0.05) is 24.6 Å². The van der Waals surface area contributed by atoms with Crippen LogP contribution in [0.2, 0.25) is 0 Å². The zero-order chi connectivity index (χ0) is 32.2. The lowest BCUT2D eigenvalue weighted by molar-refractivity contribution is -0.163. The molecule has 0 bridgehead atoms. The van der Waals surface area contributed by atoms with Gasteiger partial charge in [-0.2, -0.15) is 10.2 Å². The predicted molar refractivity (Wildman–Crippen MR) is 174 cm³/mol. The number of hydrazine groups is 1. The molecule has 6 rings (SSSR count). The van der Waals surface area contributed by atoms with Crippen LogP contribution in [0, 0.1) is 0 Å². The van der Waals surface area contributed by atoms with Crippen LogP contribution in [0.1, 0.15) is 37.3 Å². The van der Waals surface area contributed by atoms with Gasteiger partial charge in [0.05, 0.1) is 29.9 Å². The van der Waals surface area contributed by atoms with Crippen LogP contribution in [0.5, 0.6) is 0 Å². The standard InChI is InChI=1S/C32H36N10O3S/c1-3-5-6-7-11-27(43)40(16-4-2)41-20-28(44)42-24(17-21-12-14-22(15-13-21)30-35-37-38-36-30)31(45)39(19-26(41)42)18-23-9-8-10-25-29(23)34-32(33)46-25/h4,7-15,24,26H,2-3,5-6,16-20H2,1H3,(H2,33,34)(H,35,36,37,38)/b11-7+/t24-,26+/m0/s1. The summed E-state index contributed by atoms with van der Waals surface area (Å²) in [5.74, 6) is -0.150. The zero-order valence-electron chi connectivity index (χ0n) is 25.6. The second-order valence-corrected chi connectivity index (χ2v) is 12.4.